The average molecular weight is 497 g/mol. The maximum Gasteiger partial charge on any atom is 0.132 e. The first-order valence-corrected chi connectivity index (χ1v) is 13.0. The molecule has 196 valence electrons. The van der Waals surface area contributed by atoms with Gasteiger partial charge in [0.2, 0.25) is 0 Å². The van der Waals surface area contributed by atoms with Crippen molar-refractivity contribution < 1.29 is 28.5 Å². The molecule has 6 nitrogen and oxygen atoms in total. The number of hydrogen-bond donors (Lipinski definition) is 0. The third-order valence-electron chi connectivity index (χ3n) is 6.97. The first-order chi connectivity index (χ1) is 17.5. The molecule has 0 saturated carbocycles. The van der Waals surface area contributed by atoms with Gasteiger partial charge in [-0.3, -0.25) is 9.59 Å². The summed E-state index contributed by atoms with van der Waals surface area (Å²) in [6.07, 6.45) is 8.18. The van der Waals surface area contributed by atoms with Crippen LogP contribution < -0.4 is 18.9 Å². The van der Waals surface area contributed by atoms with E-state index in [2.05, 4.69) is 0 Å². The van der Waals surface area contributed by atoms with E-state index in [0.29, 0.717) is 25.7 Å². The molecule has 2 aromatic carbocycles. The maximum atomic E-state index is 12.6. The summed E-state index contributed by atoms with van der Waals surface area (Å²) in [5.41, 5.74) is 4.17. The van der Waals surface area contributed by atoms with Crippen LogP contribution in [0.1, 0.15) is 73.6 Å². The van der Waals surface area contributed by atoms with Crippen molar-refractivity contribution in [3.8, 4) is 23.0 Å². The zero-order chi connectivity index (χ0) is 25.9. The second-order valence-electron chi connectivity index (χ2n) is 9.44. The van der Waals surface area contributed by atoms with E-state index in [-0.39, 0.29) is 11.6 Å². The molecule has 0 aliphatic heterocycles. The fraction of sp³-hybridized carbons (Fsp3) is 0.533. The van der Waals surface area contributed by atoms with Crippen LogP contribution in [0.25, 0.3) is 0 Å². The van der Waals surface area contributed by atoms with Crippen LogP contribution in [-0.2, 0) is 35.3 Å². The van der Waals surface area contributed by atoms with Crippen molar-refractivity contribution >= 4 is 11.6 Å². The van der Waals surface area contributed by atoms with Gasteiger partial charge in [-0.2, -0.15) is 0 Å². The Morgan fingerprint density at radius 1 is 0.417 bits per heavy atom. The number of methoxy groups -OCH3 is 4. The molecule has 0 heterocycles. The molecule has 0 fully saturated rings. The zero-order valence-electron chi connectivity index (χ0n) is 22.2. The van der Waals surface area contributed by atoms with E-state index in [4.69, 9.17) is 18.9 Å². The molecule has 0 atom stereocenters. The first-order valence-electron chi connectivity index (χ1n) is 13.0. The minimum absolute atomic E-state index is 0.270. The van der Waals surface area contributed by atoms with Crippen LogP contribution in [0.5, 0.6) is 23.0 Å². The predicted molar refractivity (Wildman–Crippen MR) is 141 cm³/mol. The summed E-state index contributed by atoms with van der Waals surface area (Å²) in [6.45, 7) is 0. The number of Topliss-reactive ketones (excluding diaryl/α,β-unsaturated/α-hetero) is 2. The van der Waals surface area contributed by atoms with E-state index in [9.17, 15) is 9.59 Å². The quantitative estimate of drug-likeness (QED) is 0.528. The van der Waals surface area contributed by atoms with Gasteiger partial charge < -0.3 is 18.9 Å². The lowest BCUT2D eigenvalue weighted by Gasteiger charge is -2.16. The van der Waals surface area contributed by atoms with Gasteiger partial charge in [-0.25, -0.2) is 0 Å². The summed E-state index contributed by atoms with van der Waals surface area (Å²) >= 11 is 0. The Bertz CT molecular complexity index is 879. The van der Waals surface area contributed by atoms with Crippen LogP contribution in [0.2, 0.25) is 0 Å². The van der Waals surface area contributed by atoms with E-state index in [1.807, 2.05) is 24.3 Å². The molecule has 0 aromatic heterocycles. The van der Waals surface area contributed by atoms with Gasteiger partial charge in [0.15, 0.2) is 0 Å². The topological polar surface area (TPSA) is 71.1 Å². The van der Waals surface area contributed by atoms with Gasteiger partial charge in [-0.05, 0) is 97.9 Å². The second-order valence-corrected chi connectivity index (χ2v) is 9.44. The Morgan fingerprint density at radius 2 is 0.639 bits per heavy atom. The van der Waals surface area contributed by atoms with Crippen molar-refractivity contribution in [2.24, 2.45) is 0 Å². The normalized spacial score (nSPS) is 16.2. The van der Waals surface area contributed by atoms with Crippen molar-refractivity contribution in [1.82, 2.24) is 0 Å². The largest absolute Gasteiger partial charge is 0.496 e. The molecule has 4 bridgehead atoms. The van der Waals surface area contributed by atoms with E-state index in [1.165, 1.54) is 0 Å². The van der Waals surface area contributed by atoms with Crippen molar-refractivity contribution in [3.05, 3.63) is 46.5 Å². The first kappa shape index (κ1) is 27.6. The summed E-state index contributed by atoms with van der Waals surface area (Å²) in [5, 5.41) is 0. The molecule has 6 heteroatoms. The van der Waals surface area contributed by atoms with Crippen LogP contribution in [0.3, 0.4) is 0 Å². The van der Waals surface area contributed by atoms with Gasteiger partial charge in [0.05, 0.1) is 28.4 Å². The molecule has 0 N–H and O–H groups in total. The summed E-state index contributed by atoms with van der Waals surface area (Å²) in [6, 6.07) is 8.09. The van der Waals surface area contributed by atoms with Crippen LogP contribution in [0, 0.1) is 0 Å². The fourth-order valence-electron chi connectivity index (χ4n) is 4.98. The van der Waals surface area contributed by atoms with Gasteiger partial charge in [-0.15, -0.1) is 0 Å². The van der Waals surface area contributed by atoms with Gasteiger partial charge in [-0.1, -0.05) is 0 Å². The van der Waals surface area contributed by atoms with Crippen molar-refractivity contribution in [3.63, 3.8) is 0 Å². The zero-order valence-corrected chi connectivity index (χ0v) is 22.2. The Morgan fingerprint density at radius 3 is 0.833 bits per heavy atom. The van der Waals surface area contributed by atoms with E-state index in [0.717, 1.165) is 96.6 Å². The molecule has 4 aliphatic rings. The lowest BCUT2D eigenvalue weighted by molar-refractivity contribution is -0.120. The highest BCUT2D eigenvalue weighted by Crippen LogP contribution is 2.33. The summed E-state index contributed by atoms with van der Waals surface area (Å²) in [4.78, 5) is 25.2. The predicted octanol–water partition coefficient (Wildman–Crippen LogP) is 5.86. The molecule has 0 spiro atoms. The highest BCUT2D eigenvalue weighted by molar-refractivity contribution is 5.78. The third-order valence-corrected chi connectivity index (χ3v) is 6.97. The van der Waals surface area contributed by atoms with Gasteiger partial charge >= 0.3 is 0 Å². The minimum atomic E-state index is 0.270. The van der Waals surface area contributed by atoms with E-state index in [1.54, 1.807) is 28.4 Å². The smallest absolute Gasteiger partial charge is 0.132 e. The summed E-state index contributed by atoms with van der Waals surface area (Å²) in [7, 11) is 6.68. The summed E-state index contributed by atoms with van der Waals surface area (Å²) in [5.74, 6) is 3.80. The second kappa shape index (κ2) is 13.9. The molecule has 0 amide bonds. The number of aryl methyl sites for hydroxylation is 4. The summed E-state index contributed by atoms with van der Waals surface area (Å²) < 4.78 is 22.6. The molecule has 36 heavy (non-hydrogen) atoms. The number of ether oxygens (including phenoxy) is 4. The molecule has 4 aliphatic carbocycles. The standard InChI is InChI=1S/C30H40O6/c1-33-27-17-22-10-6-14-26(32)16-8-12-24-20-29(35-3)23(19-30(24)36-4)11-7-15-25(31)13-5-9-21(27)18-28(22)34-2/h17-20H,5-16H2,1-4H3. The van der Waals surface area contributed by atoms with Crippen LogP contribution in [-0.4, -0.2) is 40.0 Å². The Balaban J connectivity index is 1.79. The Kier molecular flexibility index (Phi) is 10.6. The van der Waals surface area contributed by atoms with E-state index < -0.39 is 0 Å². The van der Waals surface area contributed by atoms with Crippen molar-refractivity contribution in [2.45, 2.75) is 77.0 Å². The SMILES string of the molecule is COc1cc2c(OC)cc1CCCC(=O)CCCc1cc(OC)c(cc1OC)CCCC(=O)CCC2. The lowest BCUT2D eigenvalue weighted by Crippen LogP contribution is -2.05. The molecule has 0 saturated heterocycles. The third kappa shape index (κ3) is 7.49. The number of rotatable bonds is 4. The van der Waals surface area contributed by atoms with Crippen LogP contribution >= 0.6 is 0 Å². The molecular formula is C30H40O6. The number of hydrogen-bond acceptors (Lipinski definition) is 6. The minimum Gasteiger partial charge on any atom is -0.496 e. The van der Waals surface area contributed by atoms with Gasteiger partial charge in [0, 0.05) is 25.7 Å². The molecular weight excluding hydrogens is 456 g/mol. The molecule has 0 unspecified atom stereocenters. The van der Waals surface area contributed by atoms with Gasteiger partial charge in [0.25, 0.3) is 0 Å². The van der Waals surface area contributed by atoms with Crippen molar-refractivity contribution in [2.75, 3.05) is 28.4 Å². The maximum absolute atomic E-state index is 12.6. The van der Waals surface area contributed by atoms with Crippen LogP contribution in [0.15, 0.2) is 24.3 Å². The molecule has 2 aromatic rings. The highest BCUT2D eigenvalue weighted by atomic mass is 16.5. The van der Waals surface area contributed by atoms with E-state index >= 15 is 0 Å². The number of ketones is 2. The number of carbonyl (C=O) groups excluding carboxylic acids is 2. The average Bonchev–Trinajstić information content (AvgIpc) is 2.88. The fourth-order valence-corrected chi connectivity index (χ4v) is 4.98. The molecule has 6 rings (SSSR count). The number of carbonyl (C=O) groups is 2. The van der Waals surface area contributed by atoms with Gasteiger partial charge in [0.1, 0.15) is 34.6 Å². The number of benzene rings is 2. The molecule has 0 radical (unpaired) electrons. The monoisotopic (exact) mass is 496 g/mol. The lowest BCUT2D eigenvalue weighted by atomic mass is 9.96. The van der Waals surface area contributed by atoms with Crippen LogP contribution in [0.4, 0.5) is 0 Å². The Hall–Kier alpha value is -3.02. The van der Waals surface area contributed by atoms with Crippen molar-refractivity contribution in [1.29, 1.82) is 0 Å². The Labute approximate surface area is 215 Å². The highest BCUT2D eigenvalue weighted by Gasteiger charge is 2.15.